The topological polar surface area (TPSA) is 40.6 Å². The van der Waals surface area contributed by atoms with E-state index >= 15 is 0 Å². The van der Waals surface area contributed by atoms with Crippen LogP contribution < -0.4 is 0 Å². The number of carbonyl (C=O) groups excluding carboxylic acids is 2. The van der Waals surface area contributed by atoms with E-state index < -0.39 is 5.24 Å². The molecule has 0 aliphatic rings. The number of rotatable bonds is 5. The van der Waals surface area contributed by atoms with Crippen molar-refractivity contribution in [1.82, 2.24) is 9.80 Å². The van der Waals surface area contributed by atoms with E-state index in [4.69, 9.17) is 11.6 Å². The molecule has 1 rings (SSSR count). The second-order valence-electron chi connectivity index (χ2n) is 4.43. The maximum Gasteiger partial charge on any atom is 0.252 e. The lowest BCUT2D eigenvalue weighted by Crippen LogP contribution is -2.34. The van der Waals surface area contributed by atoms with Gasteiger partial charge in [0.25, 0.3) is 5.24 Å². The van der Waals surface area contributed by atoms with E-state index in [1.54, 1.807) is 31.1 Å². The highest BCUT2D eigenvalue weighted by atomic mass is 35.5. The predicted octanol–water partition coefficient (Wildman–Crippen LogP) is 1.59. The van der Waals surface area contributed by atoms with Crippen LogP contribution in [0.15, 0.2) is 24.3 Å². The first-order valence-corrected chi connectivity index (χ1v) is 5.95. The van der Waals surface area contributed by atoms with Gasteiger partial charge in [0.2, 0.25) is 5.91 Å². The Labute approximate surface area is 112 Å². The van der Waals surface area contributed by atoms with E-state index in [1.807, 2.05) is 24.1 Å². The summed E-state index contributed by atoms with van der Waals surface area (Å²) in [5.74, 6) is 0.0602. The summed E-state index contributed by atoms with van der Waals surface area (Å²) in [5, 5.41) is -0.460. The molecule has 0 N–H and O–H groups in total. The monoisotopic (exact) mass is 268 g/mol. The van der Waals surface area contributed by atoms with Gasteiger partial charge in [-0.3, -0.25) is 14.5 Å². The van der Waals surface area contributed by atoms with Crippen molar-refractivity contribution >= 4 is 22.8 Å². The summed E-state index contributed by atoms with van der Waals surface area (Å²) in [4.78, 5) is 25.9. The first-order valence-electron chi connectivity index (χ1n) is 5.57. The third kappa shape index (κ3) is 4.47. The summed E-state index contributed by atoms with van der Waals surface area (Å²) in [5.41, 5.74) is 1.51. The minimum atomic E-state index is -0.460. The van der Waals surface area contributed by atoms with Crippen molar-refractivity contribution in [3.8, 4) is 0 Å². The molecule has 18 heavy (non-hydrogen) atoms. The smallest absolute Gasteiger partial charge is 0.252 e. The minimum Gasteiger partial charge on any atom is -0.348 e. The summed E-state index contributed by atoms with van der Waals surface area (Å²) >= 11 is 5.37. The maximum atomic E-state index is 11.5. The van der Waals surface area contributed by atoms with Crippen LogP contribution in [0.25, 0.3) is 0 Å². The third-order valence-electron chi connectivity index (χ3n) is 2.54. The Balaban J connectivity index is 2.57. The zero-order valence-electron chi connectivity index (χ0n) is 10.8. The standard InChI is InChI=1S/C13H17ClN2O2/c1-15(2)12(17)9-16(3)8-10-4-6-11(7-5-10)13(14)18/h4-7H,8-9H2,1-3H3. The molecule has 0 fully saturated rings. The molecular formula is C13H17ClN2O2. The molecule has 0 aliphatic carbocycles. The molecule has 0 saturated carbocycles. The van der Waals surface area contributed by atoms with E-state index in [1.165, 1.54) is 0 Å². The number of nitrogens with zero attached hydrogens (tertiary/aromatic N) is 2. The van der Waals surface area contributed by atoms with E-state index in [-0.39, 0.29) is 5.91 Å². The lowest BCUT2D eigenvalue weighted by molar-refractivity contribution is -0.129. The summed E-state index contributed by atoms with van der Waals surface area (Å²) in [6.45, 7) is 1.01. The highest BCUT2D eigenvalue weighted by Gasteiger charge is 2.09. The van der Waals surface area contributed by atoms with Gasteiger partial charge < -0.3 is 4.90 Å². The SMILES string of the molecule is CN(CC(=O)N(C)C)Cc1ccc(C(=O)Cl)cc1. The average molecular weight is 269 g/mol. The second kappa shape index (κ2) is 6.52. The Morgan fingerprint density at radius 1 is 1.11 bits per heavy atom. The van der Waals surface area contributed by atoms with Gasteiger partial charge in [0.05, 0.1) is 6.54 Å². The fourth-order valence-corrected chi connectivity index (χ4v) is 1.61. The van der Waals surface area contributed by atoms with Crippen LogP contribution in [0.4, 0.5) is 0 Å². The summed E-state index contributed by atoms with van der Waals surface area (Å²) in [6.07, 6.45) is 0. The lowest BCUT2D eigenvalue weighted by Gasteiger charge is -2.18. The van der Waals surface area contributed by atoms with Crippen LogP contribution in [0, 0.1) is 0 Å². The van der Waals surface area contributed by atoms with Crippen LogP contribution in [0.1, 0.15) is 15.9 Å². The number of hydrogen-bond acceptors (Lipinski definition) is 3. The number of hydrogen-bond donors (Lipinski definition) is 0. The van der Waals surface area contributed by atoms with E-state index in [0.717, 1.165) is 5.56 Å². The van der Waals surface area contributed by atoms with Gasteiger partial charge in [-0.15, -0.1) is 0 Å². The van der Waals surface area contributed by atoms with Crippen LogP contribution in [0.5, 0.6) is 0 Å². The number of halogens is 1. The first kappa shape index (κ1) is 14.7. The van der Waals surface area contributed by atoms with Gasteiger partial charge in [-0.05, 0) is 36.3 Å². The fraction of sp³-hybridized carbons (Fsp3) is 0.385. The zero-order chi connectivity index (χ0) is 13.7. The quantitative estimate of drug-likeness (QED) is 0.762. The molecule has 0 aliphatic heterocycles. The summed E-state index contributed by atoms with van der Waals surface area (Å²) in [7, 11) is 5.34. The normalized spacial score (nSPS) is 10.5. The molecular weight excluding hydrogens is 252 g/mol. The highest BCUT2D eigenvalue weighted by Crippen LogP contribution is 2.08. The molecule has 0 radical (unpaired) electrons. The molecule has 0 aromatic heterocycles. The zero-order valence-corrected chi connectivity index (χ0v) is 11.6. The van der Waals surface area contributed by atoms with E-state index in [0.29, 0.717) is 18.7 Å². The molecule has 0 saturated heterocycles. The average Bonchev–Trinajstić information content (AvgIpc) is 2.29. The van der Waals surface area contributed by atoms with Crippen molar-refractivity contribution in [1.29, 1.82) is 0 Å². The molecule has 0 bridgehead atoms. The third-order valence-corrected chi connectivity index (χ3v) is 2.76. The molecule has 98 valence electrons. The van der Waals surface area contributed by atoms with Crippen molar-refractivity contribution in [2.24, 2.45) is 0 Å². The molecule has 0 unspecified atom stereocenters. The van der Waals surface area contributed by atoms with Gasteiger partial charge in [0, 0.05) is 26.2 Å². The molecule has 1 aromatic rings. The fourth-order valence-electron chi connectivity index (χ4n) is 1.48. The van der Waals surface area contributed by atoms with Gasteiger partial charge >= 0.3 is 0 Å². The number of benzene rings is 1. The Bertz CT molecular complexity index is 429. The van der Waals surface area contributed by atoms with Crippen LogP contribution in [0.2, 0.25) is 0 Å². The minimum absolute atomic E-state index is 0.0602. The molecule has 0 heterocycles. The van der Waals surface area contributed by atoms with E-state index in [9.17, 15) is 9.59 Å². The van der Waals surface area contributed by atoms with Crippen molar-refractivity contribution in [3.63, 3.8) is 0 Å². The van der Waals surface area contributed by atoms with Gasteiger partial charge in [0.1, 0.15) is 0 Å². The Morgan fingerprint density at radius 2 is 1.67 bits per heavy atom. The lowest BCUT2D eigenvalue weighted by atomic mass is 10.1. The van der Waals surface area contributed by atoms with Crippen molar-refractivity contribution < 1.29 is 9.59 Å². The Morgan fingerprint density at radius 3 is 2.11 bits per heavy atom. The summed E-state index contributed by atoms with van der Waals surface area (Å²) < 4.78 is 0. The van der Waals surface area contributed by atoms with Crippen molar-refractivity contribution in [2.45, 2.75) is 6.54 Å². The maximum absolute atomic E-state index is 11.5. The Hall–Kier alpha value is -1.39. The number of amides is 1. The van der Waals surface area contributed by atoms with Crippen LogP contribution in [-0.4, -0.2) is 48.6 Å². The predicted molar refractivity (Wildman–Crippen MR) is 71.7 cm³/mol. The Kier molecular flexibility index (Phi) is 5.31. The number of carbonyl (C=O) groups is 2. The van der Waals surface area contributed by atoms with Crippen molar-refractivity contribution in [2.75, 3.05) is 27.7 Å². The van der Waals surface area contributed by atoms with Gasteiger partial charge in [-0.25, -0.2) is 0 Å². The molecule has 1 aromatic carbocycles. The van der Waals surface area contributed by atoms with Gasteiger partial charge in [0.15, 0.2) is 0 Å². The second-order valence-corrected chi connectivity index (χ2v) is 4.77. The van der Waals surface area contributed by atoms with Crippen LogP contribution >= 0.6 is 11.6 Å². The largest absolute Gasteiger partial charge is 0.348 e. The molecule has 5 heteroatoms. The van der Waals surface area contributed by atoms with Crippen LogP contribution in [-0.2, 0) is 11.3 Å². The van der Waals surface area contributed by atoms with E-state index in [2.05, 4.69) is 0 Å². The molecule has 4 nitrogen and oxygen atoms in total. The molecule has 0 spiro atoms. The summed E-state index contributed by atoms with van der Waals surface area (Å²) in [6, 6.07) is 7.05. The van der Waals surface area contributed by atoms with Gasteiger partial charge in [-0.2, -0.15) is 0 Å². The van der Waals surface area contributed by atoms with Crippen molar-refractivity contribution in [3.05, 3.63) is 35.4 Å². The first-order chi connectivity index (χ1) is 8.40. The van der Waals surface area contributed by atoms with Crippen LogP contribution in [0.3, 0.4) is 0 Å². The molecule has 1 amide bonds. The van der Waals surface area contributed by atoms with Gasteiger partial charge in [-0.1, -0.05) is 12.1 Å². The number of likely N-dealkylation sites (N-methyl/N-ethyl adjacent to an activating group) is 2. The highest BCUT2D eigenvalue weighted by molar-refractivity contribution is 6.67. The molecule has 0 atom stereocenters.